The van der Waals surface area contributed by atoms with Crippen LogP contribution in [-0.4, -0.2) is 48.8 Å². The highest BCUT2D eigenvalue weighted by atomic mass is 35.5. The van der Waals surface area contributed by atoms with Crippen LogP contribution in [0.3, 0.4) is 0 Å². The number of nitrogens with zero attached hydrogens (tertiary/aromatic N) is 1. The molecule has 0 bridgehead atoms. The Kier molecular flexibility index (Phi) is 7.59. The molecular formula is C22H21ClN2O5S. The Morgan fingerprint density at radius 1 is 1.19 bits per heavy atom. The molecule has 1 aliphatic heterocycles. The molecule has 0 unspecified atom stereocenters. The second-order valence-corrected chi connectivity index (χ2v) is 8.08. The summed E-state index contributed by atoms with van der Waals surface area (Å²) in [5.41, 5.74) is 1.61. The van der Waals surface area contributed by atoms with Gasteiger partial charge in [0, 0.05) is 18.1 Å². The molecule has 1 fully saturated rings. The molecule has 9 heteroatoms. The molecule has 2 aromatic rings. The number of carbonyl (C=O) groups is 3. The van der Waals surface area contributed by atoms with Gasteiger partial charge in [0.05, 0.1) is 12.0 Å². The van der Waals surface area contributed by atoms with Gasteiger partial charge in [-0.25, -0.2) is 0 Å². The quantitative estimate of drug-likeness (QED) is 0.601. The van der Waals surface area contributed by atoms with Gasteiger partial charge in [-0.15, -0.1) is 0 Å². The molecule has 0 aromatic heterocycles. The third-order valence-electron chi connectivity index (χ3n) is 4.44. The van der Waals surface area contributed by atoms with E-state index in [0.717, 1.165) is 27.8 Å². The summed E-state index contributed by atoms with van der Waals surface area (Å²) < 4.78 is 10.6. The average Bonchev–Trinajstić information content (AvgIpc) is 3.01. The van der Waals surface area contributed by atoms with Crippen LogP contribution in [0.5, 0.6) is 11.5 Å². The van der Waals surface area contributed by atoms with Crippen molar-refractivity contribution in [3.05, 3.63) is 63.5 Å². The van der Waals surface area contributed by atoms with Crippen molar-refractivity contribution < 1.29 is 23.9 Å². The Labute approximate surface area is 189 Å². The lowest BCUT2D eigenvalue weighted by atomic mass is 10.2. The fourth-order valence-electron chi connectivity index (χ4n) is 2.82. The molecule has 0 aliphatic carbocycles. The minimum Gasteiger partial charge on any atom is -0.497 e. The number of hydrogen-bond acceptors (Lipinski definition) is 6. The van der Waals surface area contributed by atoms with Crippen molar-refractivity contribution in [1.82, 2.24) is 10.2 Å². The van der Waals surface area contributed by atoms with E-state index in [1.165, 1.54) is 0 Å². The number of halogens is 1. The number of aryl methyl sites for hydroxylation is 1. The molecule has 3 amide bonds. The lowest BCUT2D eigenvalue weighted by molar-refractivity contribution is -0.125. The standard InChI is InChI=1S/C22H21ClN2O5S/c1-14-11-16(23)5-8-18(14)30-13-20(26)24-9-10-25-21(27)19(31-22(25)28)12-15-3-6-17(29-2)7-4-15/h3-8,11-12H,9-10,13H2,1-2H3,(H,24,26). The number of hydrogen-bond donors (Lipinski definition) is 1. The first-order valence-corrected chi connectivity index (χ1v) is 10.6. The fourth-order valence-corrected chi connectivity index (χ4v) is 3.91. The van der Waals surface area contributed by atoms with Crippen LogP contribution < -0.4 is 14.8 Å². The van der Waals surface area contributed by atoms with Crippen LogP contribution in [0.15, 0.2) is 47.4 Å². The van der Waals surface area contributed by atoms with E-state index in [2.05, 4.69) is 5.32 Å². The molecule has 1 N–H and O–H groups in total. The summed E-state index contributed by atoms with van der Waals surface area (Å²) in [6.45, 7) is 1.87. The normalized spacial score (nSPS) is 14.8. The zero-order valence-corrected chi connectivity index (χ0v) is 18.6. The molecule has 0 saturated carbocycles. The summed E-state index contributed by atoms with van der Waals surface area (Å²) >= 11 is 6.77. The summed E-state index contributed by atoms with van der Waals surface area (Å²) in [4.78, 5) is 38.2. The van der Waals surface area contributed by atoms with Crippen LogP contribution in [0.4, 0.5) is 4.79 Å². The smallest absolute Gasteiger partial charge is 0.293 e. The highest BCUT2D eigenvalue weighted by molar-refractivity contribution is 8.18. The number of thioether (sulfide) groups is 1. The first-order chi connectivity index (χ1) is 14.9. The van der Waals surface area contributed by atoms with E-state index in [0.29, 0.717) is 21.4 Å². The van der Waals surface area contributed by atoms with E-state index in [4.69, 9.17) is 21.1 Å². The zero-order chi connectivity index (χ0) is 22.4. The molecule has 7 nitrogen and oxygen atoms in total. The maximum atomic E-state index is 12.5. The Morgan fingerprint density at radius 3 is 2.61 bits per heavy atom. The van der Waals surface area contributed by atoms with Crippen molar-refractivity contribution in [3.63, 3.8) is 0 Å². The SMILES string of the molecule is COc1ccc(C=C2SC(=O)N(CCNC(=O)COc3ccc(Cl)cc3C)C2=O)cc1. The third-order valence-corrected chi connectivity index (χ3v) is 5.58. The number of ether oxygens (including phenoxy) is 2. The lowest BCUT2D eigenvalue weighted by Gasteiger charge is -2.13. The molecule has 1 saturated heterocycles. The van der Waals surface area contributed by atoms with Gasteiger partial charge in [-0.3, -0.25) is 19.3 Å². The number of rotatable bonds is 8. The van der Waals surface area contributed by atoms with Gasteiger partial charge in [0.15, 0.2) is 6.61 Å². The lowest BCUT2D eigenvalue weighted by Crippen LogP contribution is -2.38. The third kappa shape index (κ3) is 6.02. The summed E-state index contributed by atoms with van der Waals surface area (Å²) in [6.07, 6.45) is 1.66. The first-order valence-electron chi connectivity index (χ1n) is 9.42. The van der Waals surface area contributed by atoms with Gasteiger partial charge in [0.25, 0.3) is 17.1 Å². The predicted octanol–water partition coefficient (Wildman–Crippen LogP) is 3.89. The minimum atomic E-state index is -0.381. The first kappa shape index (κ1) is 22.7. The van der Waals surface area contributed by atoms with Crippen LogP contribution >= 0.6 is 23.4 Å². The van der Waals surface area contributed by atoms with Crippen LogP contribution in [0.2, 0.25) is 5.02 Å². The van der Waals surface area contributed by atoms with Gasteiger partial charge >= 0.3 is 0 Å². The van der Waals surface area contributed by atoms with Crippen molar-refractivity contribution in [2.75, 3.05) is 26.8 Å². The Morgan fingerprint density at radius 2 is 1.94 bits per heavy atom. The Bertz CT molecular complexity index is 1020. The molecule has 0 atom stereocenters. The van der Waals surface area contributed by atoms with Gasteiger partial charge in [-0.05, 0) is 66.2 Å². The van der Waals surface area contributed by atoms with Crippen molar-refractivity contribution in [2.24, 2.45) is 0 Å². The monoisotopic (exact) mass is 460 g/mol. The summed E-state index contributed by atoms with van der Waals surface area (Å²) in [6, 6.07) is 12.3. The molecular weight excluding hydrogens is 440 g/mol. The van der Waals surface area contributed by atoms with Gasteiger partial charge in [-0.2, -0.15) is 0 Å². The van der Waals surface area contributed by atoms with E-state index >= 15 is 0 Å². The van der Waals surface area contributed by atoms with E-state index in [1.54, 1.807) is 55.7 Å². The maximum Gasteiger partial charge on any atom is 0.293 e. The van der Waals surface area contributed by atoms with E-state index < -0.39 is 0 Å². The van der Waals surface area contributed by atoms with Gasteiger partial charge in [-0.1, -0.05) is 23.7 Å². The molecule has 162 valence electrons. The van der Waals surface area contributed by atoms with Gasteiger partial charge in [0.2, 0.25) is 0 Å². The number of nitrogens with one attached hydrogen (secondary N) is 1. The maximum absolute atomic E-state index is 12.5. The largest absolute Gasteiger partial charge is 0.497 e. The van der Waals surface area contributed by atoms with Crippen LogP contribution in [-0.2, 0) is 9.59 Å². The Balaban J connectivity index is 1.48. The van der Waals surface area contributed by atoms with Gasteiger partial charge in [0.1, 0.15) is 11.5 Å². The van der Waals surface area contributed by atoms with E-state index in [1.807, 2.05) is 6.92 Å². The highest BCUT2D eigenvalue weighted by Gasteiger charge is 2.34. The second kappa shape index (κ2) is 10.4. The fraction of sp³-hybridized carbons (Fsp3) is 0.227. The zero-order valence-electron chi connectivity index (χ0n) is 17.0. The number of carbonyl (C=O) groups excluding carboxylic acids is 3. The topological polar surface area (TPSA) is 84.9 Å². The number of amides is 3. The number of benzene rings is 2. The molecule has 31 heavy (non-hydrogen) atoms. The molecule has 0 spiro atoms. The van der Waals surface area contributed by atoms with Gasteiger partial charge < -0.3 is 14.8 Å². The van der Waals surface area contributed by atoms with Crippen LogP contribution in [0.1, 0.15) is 11.1 Å². The summed E-state index contributed by atoms with van der Waals surface area (Å²) in [7, 11) is 1.57. The Hall–Kier alpha value is -2.97. The van der Waals surface area contributed by atoms with Crippen LogP contribution in [0, 0.1) is 6.92 Å². The molecule has 1 heterocycles. The van der Waals surface area contributed by atoms with E-state index in [-0.39, 0.29) is 36.7 Å². The molecule has 3 rings (SSSR count). The second-order valence-electron chi connectivity index (χ2n) is 6.65. The van der Waals surface area contributed by atoms with Crippen molar-refractivity contribution >= 4 is 46.5 Å². The highest BCUT2D eigenvalue weighted by Crippen LogP contribution is 2.32. The average molecular weight is 461 g/mol. The van der Waals surface area contributed by atoms with Crippen molar-refractivity contribution in [2.45, 2.75) is 6.92 Å². The van der Waals surface area contributed by atoms with Crippen LogP contribution in [0.25, 0.3) is 6.08 Å². The summed E-state index contributed by atoms with van der Waals surface area (Å²) in [5.74, 6) is 0.536. The van der Waals surface area contributed by atoms with E-state index in [9.17, 15) is 14.4 Å². The predicted molar refractivity (Wildman–Crippen MR) is 120 cm³/mol. The molecule has 0 radical (unpaired) electrons. The summed E-state index contributed by atoms with van der Waals surface area (Å²) in [5, 5.41) is 2.87. The number of imide groups is 1. The molecule has 2 aromatic carbocycles. The molecule has 1 aliphatic rings. The van der Waals surface area contributed by atoms with Crippen molar-refractivity contribution in [3.8, 4) is 11.5 Å². The van der Waals surface area contributed by atoms with Crippen molar-refractivity contribution in [1.29, 1.82) is 0 Å². The minimum absolute atomic E-state index is 0.0797. The number of methoxy groups -OCH3 is 1.